The van der Waals surface area contributed by atoms with E-state index in [1.807, 2.05) is 0 Å². The van der Waals surface area contributed by atoms with Crippen LogP contribution in [0.15, 0.2) is 45.3 Å². The van der Waals surface area contributed by atoms with Gasteiger partial charge in [0.1, 0.15) is 0 Å². The van der Waals surface area contributed by atoms with Crippen LogP contribution in [-0.4, -0.2) is 4.86 Å². The number of benzene rings is 2. The van der Waals surface area contributed by atoms with E-state index in [0.29, 0.717) is 0 Å². The normalized spacial score (nSPS) is 12.5. The van der Waals surface area contributed by atoms with Crippen LogP contribution in [0.1, 0.15) is 11.1 Å². The number of halogens is 2. The zero-order valence-electron chi connectivity index (χ0n) is 8.13. The van der Waals surface area contributed by atoms with Crippen LogP contribution in [-0.2, 0) is 0 Å². The lowest BCUT2D eigenvalue weighted by Crippen LogP contribution is -1.92. The van der Waals surface area contributed by atoms with Crippen LogP contribution in [0, 0.1) is 0 Å². The van der Waals surface area contributed by atoms with E-state index in [0.717, 1.165) is 24.9 Å². The van der Waals surface area contributed by atoms with Gasteiger partial charge in [-0.3, -0.25) is 0 Å². The molecular formula is C13H6Br2S. The topological polar surface area (TPSA) is 0 Å². The van der Waals surface area contributed by atoms with E-state index in [1.54, 1.807) is 0 Å². The maximum atomic E-state index is 5.51. The first-order chi connectivity index (χ1) is 7.66. The largest absolute Gasteiger partial charge is 0.0787 e. The van der Waals surface area contributed by atoms with E-state index in [4.69, 9.17) is 12.2 Å². The zero-order valence-corrected chi connectivity index (χ0v) is 12.1. The standard InChI is InChI=1S/C13H6Br2S/c14-7-1-3-9-10-4-2-8(15)6-12(10)13(16)11(9)5-7/h1-6H. The van der Waals surface area contributed by atoms with Crippen molar-refractivity contribution in [1.82, 2.24) is 0 Å². The third-order valence-corrected chi connectivity index (χ3v) is 4.17. The minimum atomic E-state index is 0.938. The second-order valence-electron chi connectivity index (χ2n) is 3.71. The molecule has 0 saturated carbocycles. The fraction of sp³-hybridized carbons (Fsp3) is 0. The van der Waals surface area contributed by atoms with Gasteiger partial charge in [-0.25, -0.2) is 0 Å². The third kappa shape index (κ3) is 1.50. The van der Waals surface area contributed by atoms with Gasteiger partial charge in [-0.15, -0.1) is 0 Å². The third-order valence-electron chi connectivity index (χ3n) is 2.74. The molecule has 0 spiro atoms. The van der Waals surface area contributed by atoms with Crippen LogP contribution in [0.5, 0.6) is 0 Å². The Kier molecular flexibility index (Phi) is 2.50. The van der Waals surface area contributed by atoms with Crippen LogP contribution in [0.4, 0.5) is 0 Å². The average molecular weight is 354 g/mol. The molecule has 0 N–H and O–H groups in total. The van der Waals surface area contributed by atoms with E-state index in [9.17, 15) is 0 Å². The molecule has 3 rings (SSSR count). The van der Waals surface area contributed by atoms with Crippen molar-refractivity contribution in [3.63, 3.8) is 0 Å². The molecule has 0 nitrogen and oxygen atoms in total. The summed E-state index contributed by atoms with van der Waals surface area (Å²) >= 11 is 12.5. The first kappa shape index (κ1) is 10.6. The highest BCUT2D eigenvalue weighted by atomic mass is 79.9. The molecule has 1 aliphatic rings. The number of hydrogen-bond acceptors (Lipinski definition) is 1. The molecule has 0 aliphatic heterocycles. The Balaban J connectivity index is 2.34. The van der Waals surface area contributed by atoms with E-state index in [2.05, 4.69) is 68.3 Å². The fourth-order valence-corrected chi connectivity index (χ4v) is 3.08. The summed E-state index contributed by atoms with van der Waals surface area (Å²) in [7, 11) is 0. The first-order valence-electron chi connectivity index (χ1n) is 4.81. The molecular weight excluding hydrogens is 348 g/mol. The van der Waals surface area contributed by atoms with Crippen molar-refractivity contribution >= 4 is 48.9 Å². The van der Waals surface area contributed by atoms with Crippen molar-refractivity contribution in [3.8, 4) is 11.1 Å². The monoisotopic (exact) mass is 352 g/mol. The Bertz CT molecular complexity index is 564. The average Bonchev–Trinajstić information content (AvgIpc) is 2.53. The number of fused-ring (bicyclic) bond motifs is 3. The second-order valence-corrected chi connectivity index (χ2v) is 5.95. The summed E-state index contributed by atoms with van der Waals surface area (Å²) in [5.74, 6) is 0. The minimum Gasteiger partial charge on any atom is -0.0787 e. The molecule has 0 saturated heterocycles. The Morgan fingerprint density at radius 1 is 0.688 bits per heavy atom. The summed E-state index contributed by atoms with van der Waals surface area (Å²) in [5.41, 5.74) is 4.77. The summed E-state index contributed by atoms with van der Waals surface area (Å²) in [6.07, 6.45) is 0. The van der Waals surface area contributed by atoms with Gasteiger partial charge in [0.05, 0.1) is 4.86 Å². The predicted molar refractivity (Wildman–Crippen MR) is 78.1 cm³/mol. The Morgan fingerprint density at radius 2 is 1.12 bits per heavy atom. The van der Waals surface area contributed by atoms with Crippen molar-refractivity contribution in [3.05, 3.63) is 56.5 Å². The van der Waals surface area contributed by atoms with E-state index < -0.39 is 0 Å². The minimum absolute atomic E-state index is 0.938. The van der Waals surface area contributed by atoms with Crippen LogP contribution >= 0.6 is 44.1 Å². The molecule has 0 radical (unpaired) electrons. The van der Waals surface area contributed by atoms with Gasteiger partial charge >= 0.3 is 0 Å². The molecule has 2 aromatic carbocycles. The van der Waals surface area contributed by atoms with Crippen LogP contribution in [0.25, 0.3) is 11.1 Å². The van der Waals surface area contributed by atoms with Crippen molar-refractivity contribution in [1.29, 1.82) is 0 Å². The molecule has 0 unspecified atom stereocenters. The van der Waals surface area contributed by atoms with Gasteiger partial charge in [-0.05, 0) is 35.4 Å². The molecule has 1 aliphatic carbocycles. The molecule has 16 heavy (non-hydrogen) atoms. The van der Waals surface area contributed by atoms with E-state index in [1.165, 1.54) is 11.1 Å². The van der Waals surface area contributed by atoms with Gasteiger partial charge in [0.2, 0.25) is 0 Å². The van der Waals surface area contributed by atoms with Crippen LogP contribution in [0.2, 0.25) is 0 Å². The van der Waals surface area contributed by atoms with Crippen molar-refractivity contribution in [2.75, 3.05) is 0 Å². The highest BCUT2D eigenvalue weighted by molar-refractivity contribution is 9.10. The van der Waals surface area contributed by atoms with Crippen LogP contribution < -0.4 is 0 Å². The number of hydrogen-bond donors (Lipinski definition) is 0. The van der Waals surface area contributed by atoms with Gasteiger partial charge < -0.3 is 0 Å². The SMILES string of the molecule is S=C1c2cc(Br)ccc2-c2ccc(Br)cc21. The molecule has 3 heteroatoms. The molecule has 0 fully saturated rings. The lowest BCUT2D eigenvalue weighted by Gasteiger charge is -2.00. The summed E-state index contributed by atoms with van der Waals surface area (Å²) in [6, 6.07) is 12.5. The van der Waals surface area contributed by atoms with Gasteiger partial charge in [-0.2, -0.15) is 0 Å². The summed E-state index contributed by atoms with van der Waals surface area (Å²) in [4.78, 5) is 0.938. The summed E-state index contributed by atoms with van der Waals surface area (Å²) < 4.78 is 2.14. The molecule has 78 valence electrons. The maximum Gasteiger partial charge on any atom is 0.0535 e. The fourth-order valence-electron chi connectivity index (χ4n) is 2.02. The van der Waals surface area contributed by atoms with Gasteiger partial charge in [0.15, 0.2) is 0 Å². The molecule has 0 heterocycles. The lowest BCUT2D eigenvalue weighted by atomic mass is 10.1. The smallest absolute Gasteiger partial charge is 0.0535 e. The molecule has 2 aromatic rings. The van der Waals surface area contributed by atoms with Gasteiger partial charge in [-0.1, -0.05) is 56.2 Å². The van der Waals surface area contributed by atoms with E-state index >= 15 is 0 Å². The van der Waals surface area contributed by atoms with Crippen LogP contribution in [0.3, 0.4) is 0 Å². The van der Waals surface area contributed by atoms with Crippen molar-refractivity contribution in [2.45, 2.75) is 0 Å². The number of rotatable bonds is 0. The first-order valence-corrected chi connectivity index (χ1v) is 6.80. The molecule has 0 amide bonds. The predicted octanol–water partition coefficient (Wildman–Crippen LogP) is 4.96. The summed E-state index contributed by atoms with van der Waals surface area (Å²) in [6.45, 7) is 0. The molecule has 0 bridgehead atoms. The molecule has 0 atom stereocenters. The second kappa shape index (κ2) is 3.76. The van der Waals surface area contributed by atoms with Gasteiger partial charge in [0, 0.05) is 20.1 Å². The number of thiocarbonyl (C=S) groups is 1. The van der Waals surface area contributed by atoms with Crippen molar-refractivity contribution < 1.29 is 0 Å². The molecule has 0 aromatic heterocycles. The van der Waals surface area contributed by atoms with Gasteiger partial charge in [0.25, 0.3) is 0 Å². The Hall–Kier alpha value is -0.510. The maximum absolute atomic E-state index is 5.51. The Morgan fingerprint density at radius 3 is 1.56 bits per heavy atom. The lowest BCUT2D eigenvalue weighted by molar-refractivity contribution is 1.60. The highest BCUT2D eigenvalue weighted by Gasteiger charge is 2.23. The highest BCUT2D eigenvalue weighted by Crippen LogP contribution is 2.39. The quantitative estimate of drug-likeness (QED) is 0.515. The van der Waals surface area contributed by atoms with Crippen molar-refractivity contribution in [2.24, 2.45) is 0 Å². The Labute approximate surface area is 116 Å². The summed E-state index contributed by atoms with van der Waals surface area (Å²) in [5, 5.41) is 0. The van der Waals surface area contributed by atoms with E-state index in [-0.39, 0.29) is 0 Å². The zero-order chi connectivity index (χ0) is 11.3.